The highest BCUT2D eigenvalue weighted by Crippen LogP contribution is 2.12. The van der Waals surface area contributed by atoms with Crippen molar-refractivity contribution >= 4 is 10.2 Å². The first-order valence-corrected chi connectivity index (χ1v) is 10.4. The standard InChI is InChI=1S/C16H36N2O2S/c1-2-3-4-5-6-7-8-9-10-11-12-13-14-15-16-18-21(17,19)20/h18H,2-16H2,1H3,(H2,17,19,20). The average molecular weight is 321 g/mol. The largest absolute Gasteiger partial charge is 0.274 e. The van der Waals surface area contributed by atoms with E-state index in [9.17, 15) is 8.42 Å². The Bertz CT molecular complexity index is 305. The van der Waals surface area contributed by atoms with E-state index in [1.807, 2.05) is 0 Å². The minimum atomic E-state index is -3.49. The van der Waals surface area contributed by atoms with Crippen LogP contribution in [0.25, 0.3) is 0 Å². The molecule has 21 heavy (non-hydrogen) atoms. The zero-order valence-corrected chi connectivity index (χ0v) is 14.7. The minimum Gasteiger partial charge on any atom is -0.216 e. The van der Waals surface area contributed by atoms with Crippen molar-refractivity contribution in [2.24, 2.45) is 5.14 Å². The third-order valence-electron chi connectivity index (χ3n) is 3.83. The molecule has 0 aliphatic rings. The molecule has 5 heteroatoms. The SMILES string of the molecule is CCCCCCCCCCCCCCCCNS(N)(=O)=O. The number of rotatable bonds is 16. The lowest BCUT2D eigenvalue weighted by atomic mass is 10.0. The fraction of sp³-hybridized carbons (Fsp3) is 1.00. The maximum atomic E-state index is 10.6. The molecule has 0 saturated heterocycles. The highest BCUT2D eigenvalue weighted by Gasteiger charge is 1.99. The van der Waals surface area contributed by atoms with E-state index in [-0.39, 0.29) is 0 Å². The third-order valence-corrected chi connectivity index (χ3v) is 4.44. The summed E-state index contributed by atoms with van der Waals surface area (Å²) < 4.78 is 23.6. The Morgan fingerprint density at radius 1 is 0.667 bits per heavy atom. The van der Waals surface area contributed by atoms with Crippen molar-refractivity contribution in [3.05, 3.63) is 0 Å². The van der Waals surface area contributed by atoms with Crippen LogP contribution >= 0.6 is 0 Å². The van der Waals surface area contributed by atoms with Gasteiger partial charge in [0.15, 0.2) is 0 Å². The van der Waals surface area contributed by atoms with E-state index < -0.39 is 10.2 Å². The summed E-state index contributed by atoms with van der Waals surface area (Å²) in [6.07, 6.45) is 18.2. The summed E-state index contributed by atoms with van der Waals surface area (Å²) in [5, 5.41) is 4.85. The number of hydrogen-bond acceptors (Lipinski definition) is 2. The third kappa shape index (κ3) is 19.9. The van der Waals surface area contributed by atoms with Crippen LogP contribution in [0, 0.1) is 0 Å². The summed E-state index contributed by atoms with van der Waals surface area (Å²) in [7, 11) is -3.49. The van der Waals surface area contributed by atoms with Crippen LogP contribution in [0.4, 0.5) is 0 Å². The summed E-state index contributed by atoms with van der Waals surface area (Å²) >= 11 is 0. The predicted molar refractivity (Wildman–Crippen MR) is 91.4 cm³/mol. The van der Waals surface area contributed by atoms with E-state index in [1.165, 1.54) is 77.0 Å². The van der Waals surface area contributed by atoms with Crippen LogP contribution in [0.3, 0.4) is 0 Å². The lowest BCUT2D eigenvalue weighted by Gasteiger charge is -2.03. The zero-order chi connectivity index (χ0) is 15.8. The van der Waals surface area contributed by atoms with E-state index in [1.54, 1.807) is 0 Å². The molecule has 4 nitrogen and oxygen atoms in total. The molecule has 0 amide bonds. The molecule has 0 fully saturated rings. The van der Waals surface area contributed by atoms with E-state index in [4.69, 9.17) is 5.14 Å². The van der Waals surface area contributed by atoms with Gasteiger partial charge in [-0.2, -0.15) is 8.42 Å². The average Bonchev–Trinajstić information content (AvgIpc) is 2.42. The van der Waals surface area contributed by atoms with Gasteiger partial charge in [0, 0.05) is 6.54 Å². The van der Waals surface area contributed by atoms with E-state index in [0.29, 0.717) is 6.54 Å². The first-order valence-electron chi connectivity index (χ1n) is 8.83. The van der Waals surface area contributed by atoms with Crippen molar-refractivity contribution < 1.29 is 8.42 Å². The Morgan fingerprint density at radius 3 is 1.33 bits per heavy atom. The quantitative estimate of drug-likeness (QED) is 0.417. The van der Waals surface area contributed by atoms with Gasteiger partial charge in [0.25, 0.3) is 10.2 Å². The van der Waals surface area contributed by atoms with Crippen LogP contribution in [0.15, 0.2) is 0 Å². The van der Waals surface area contributed by atoms with Gasteiger partial charge in [-0.15, -0.1) is 0 Å². The molecule has 128 valence electrons. The van der Waals surface area contributed by atoms with Gasteiger partial charge in [0.2, 0.25) is 0 Å². The normalized spacial score (nSPS) is 11.9. The topological polar surface area (TPSA) is 72.2 Å². The molecule has 0 radical (unpaired) electrons. The molecule has 0 unspecified atom stereocenters. The lowest BCUT2D eigenvalue weighted by molar-refractivity contribution is 0.533. The Hall–Kier alpha value is -0.130. The second-order valence-electron chi connectivity index (χ2n) is 6.04. The molecule has 0 aliphatic carbocycles. The highest BCUT2D eigenvalue weighted by atomic mass is 32.2. The second-order valence-corrected chi connectivity index (χ2v) is 7.41. The van der Waals surface area contributed by atoms with Gasteiger partial charge in [0.05, 0.1) is 0 Å². The summed E-state index contributed by atoms with van der Waals surface area (Å²) in [6, 6.07) is 0. The molecule has 0 heterocycles. The Balaban J connectivity index is 3.03. The van der Waals surface area contributed by atoms with Gasteiger partial charge in [-0.3, -0.25) is 0 Å². The molecule has 0 aliphatic heterocycles. The first kappa shape index (κ1) is 20.9. The second kappa shape index (κ2) is 14.8. The number of nitrogens with two attached hydrogens (primary N) is 1. The highest BCUT2D eigenvalue weighted by molar-refractivity contribution is 7.87. The van der Waals surface area contributed by atoms with Crippen LogP contribution in [0.5, 0.6) is 0 Å². The fourth-order valence-corrected chi connectivity index (χ4v) is 2.96. The van der Waals surface area contributed by atoms with Crippen molar-refractivity contribution in [1.29, 1.82) is 0 Å². The fourth-order valence-electron chi connectivity index (χ4n) is 2.53. The van der Waals surface area contributed by atoms with Crippen LogP contribution < -0.4 is 9.86 Å². The van der Waals surface area contributed by atoms with Crippen LogP contribution in [-0.2, 0) is 10.2 Å². The van der Waals surface area contributed by atoms with Crippen molar-refractivity contribution in [2.75, 3.05) is 6.54 Å². The molecule has 0 spiro atoms. The summed E-state index contributed by atoms with van der Waals surface area (Å²) in [5.41, 5.74) is 0. The molecule has 0 aromatic carbocycles. The van der Waals surface area contributed by atoms with Crippen LogP contribution in [0.1, 0.15) is 96.8 Å². The zero-order valence-electron chi connectivity index (χ0n) is 13.9. The molecule has 0 saturated carbocycles. The maximum absolute atomic E-state index is 10.6. The van der Waals surface area contributed by atoms with E-state index in [2.05, 4.69) is 11.6 Å². The summed E-state index contributed by atoms with van der Waals surface area (Å²) in [6.45, 7) is 2.73. The molecule has 0 aromatic heterocycles. The van der Waals surface area contributed by atoms with Crippen LogP contribution in [0.2, 0.25) is 0 Å². The van der Waals surface area contributed by atoms with Gasteiger partial charge in [-0.25, -0.2) is 9.86 Å². The molecular weight excluding hydrogens is 284 g/mol. The molecule has 0 rings (SSSR count). The Kier molecular flexibility index (Phi) is 14.7. The Labute approximate surface area is 132 Å². The van der Waals surface area contributed by atoms with Crippen molar-refractivity contribution in [1.82, 2.24) is 4.72 Å². The number of hydrogen-bond donors (Lipinski definition) is 2. The van der Waals surface area contributed by atoms with E-state index in [0.717, 1.165) is 12.8 Å². The van der Waals surface area contributed by atoms with Crippen molar-refractivity contribution in [3.63, 3.8) is 0 Å². The van der Waals surface area contributed by atoms with Gasteiger partial charge in [-0.05, 0) is 6.42 Å². The Morgan fingerprint density at radius 2 is 1.00 bits per heavy atom. The summed E-state index contributed by atoms with van der Waals surface area (Å²) in [5.74, 6) is 0. The molecule has 0 aromatic rings. The maximum Gasteiger partial charge on any atom is 0.274 e. The molecule has 3 N–H and O–H groups in total. The van der Waals surface area contributed by atoms with Crippen molar-refractivity contribution in [2.45, 2.75) is 96.8 Å². The minimum absolute atomic E-state index is 0.469. The molecule has 0 bridgehead atoms. The van der Waals surface area contributed by atoms with Gasteiger partial charge in [-0.1, -0.05) is 90.4 Å². The van der Waals surface area contributed by atoms with Crippen LogP contribution in [-0.4, -0.2) is 15.0 Å². The van der Waals surface area contributed by atoms with Gasteiger partial charge in [0.1, 0.15) is 0 Å². The van der Waals surface area contributed by atoms with Gasteiger partial charge >= 0.3 is 0 Å². The predicted octanol–water partition coefficient (Wildman–Crippen LogP) is 4.26. The number of nitrogens with one attached hydrogen (secondary N) is 1. The molecule has 0 atom stereocenters. The lowest BCUT2D eigenvalue weighted by Crippen LogP contribution is -2.31. The summed E-state index contributed by atoms with van der Waals surface area (Å²) in [4.78, 5) is 0. The van der Waals surface area contributed by atoms with Crippen molar-refractivity contribution in [3.8, 4) is 0 Å². The number of unbranched alkanes of at least 4 members (excludes halogenated alkanes) is 13. The van der Waals surface area contributed by atoms with E-state index >= 15 is 0 Å². The smallest absolute Gasteiger partial charge is 0.216 e. The van der Waals surface area contributed by atoms with Gasteiger partial charge < -0.3 is 0 Å². The molecular formula is C16H36N2O2S. The first-order chi connectivity index (χ1) is 10.1. The monoisotopic (exact) mass is 320 g/mol.